The zero-order chi connectivity index (χ0) is 17.1. The Kier molecular flexibility index (Phi) is 5.17. The first-order chi connectivity index (χ1) is 12.3. The van der Waals surface area contributed by atoms with E-state index in [2.05, 4.69) is 26.6 Å². The van der Waals surface area contributed by atoms with E-state index in [0.717, 1.165) is 44.1 Å². The molecule has 0 spiro atoms. The highest BCUT2D eigenvalue weighted by Crippen LogP contribution is 2.33. The molecule has 1 saturated carbocycles. The lowest BCUT2D eigenvalue weighted by Crippen LogP contribution is -2.42. The number of rotatable bonds is 4. The molecule has 1 amide bonds. The van der Waals surface area contributed by atoms with Gasteiger partial charge in [0.15, 0.2) is 0 Å². The molecule has 3 fully saturated rings. The molecule has 0 radical (unpaired) electrons. The van der Waals surface area contributed by atoms with E-state index in [4.69, 9.17) is 4.74 Å². The van der Waals surface area contributed by atoms with E-state index < -0.39 is 0 Å². The van der Waals surface area contributed by atoms with Crippen molar-refractivity contribution in [2.75, 3.05) is 31.2 Å². The van der Waals surface area contributed by atoms with Crippen molar-refractivity contribution in [3.63, 3.8) is 0 Å². The van der Waals surface area contributed by atoms with Gasteiger partial charge in [-0.1, -0.05) is 18.9 Å². The molecule has 2 N–H and O–H groups in total. The fraction of sp³-hybridized carbons (Fsp3) is 0.684. The molecule has 1 aliphatic carbocycles. The largest absolute Gasteiger partial charge is 0.378 e. The summed E-state index contributed by atoms with van der Waals surface area (Å²) in [6, 6.07) is 4.63. The van der Waals surface area contributed by atoms with Gasteiger partial charge in [-0.2, -0.15) is 0 Å². The zero-order valence-corrected chi connectivity index (χ0v) is 14.7. The standard InChI is InChI=1S/C19H28N4O2/c24-19(17-11-15-3-1-2-4-16(15)22-17)21-13-14-5-6-18(20-12-14)23-7-9-25-10-8-23/h5-6,12,15-17,22H,1-4,7-11,13H2,(H,21,24). The fourth-order valence-corrected chi connectivity index (χ4v) is 4.33. The predicted octanol–water partition coefficient (Wildman–Crippen LogP) is 1.46. The molecule has 3 atom stereocenters. The van der Waals surface area contributed by atoms with Crippen LogP contribution in [0.1, 0.15) is 37.7 Å². The van der Waals surface area contributed by atoms with Gasteiger partial charge in [0.1, 0.15) is 5.82 Å². The molecule has 1 aromatic rings. The van der Waals surface area contributed by atoms with Gasteiger partial charge in [0.2, 0.25) is 5.91 Å². The summed E-state index contributed by atoms with van der Waals surface area (Å²) in [4.78, 5) is 19.2. The van der Waals surface area contributed by atoms with Gasteiger partial charge >= 0.3 is 0 Å². The fourth-order valence-electron chi connectivity index (χ4n) is 4.33. The molecule has 3 unspecified atom stereocenters. The summed E-state index contributed by atoms with van der Waals surface area (Å²) in [6.07, 6.45) is 7.97. The molecule has 3 aliphatic rings. The molecule has 25 heavy (non-hydrogen) atoms. The Morgan fingerprint density at radius 3 is 2.88 bits per heavy atom. The number of hydrogen-bond acceptors (Lipinski definition) is 5. The highest BCUT2D eigenvalue weighted by atomic mass is 16.5. The summed E-state index contributed by atoms with van der Waals surface area (Å²) in [5.74, 6) is 1.81. The first kappa shape index (κ1) is 16.8. The van der Waals surface area contributed by atoms with Crippen LogP contribution in [0.15, 0.2) is 18.3 Å². The number of aromatic nitrogens is 1. The summed E-state index contributed by atoms with van der Waals surface area (Å²) in [6.45, 7) is 3.84. The van der Waals surface area contributed by atoms with Crippen molar-refractivity contribution in [2.24, 2.45) is 5.92 Å². The Morgan fingerprint density at radius 1 is 1.28 bits per heavy atom. The van der Waals surface area contributed by atoms with Crippen LogP contribution in [0, 0.1) is 5.92 Å². The SMILES string of the molecule is O=C(NCc1ccc(N2CCOCC2)nc1)C1CC2CCCCC2N1. The summed E-state index contributed by atoms with van der Waals surface area (Å²) >= 11 is 0. The zero-order valence-electron chi connectivity index (χ0n) is 14.7. The first-order valence-corrected chi connectivity index (χ1v) is 9.61. The lowest BCUT2D eigenvalue weighted by Gasteiger charge is -2.27. The van der Waals surface area contributed by atoms with E-state index in [1.165, 1.54) is 25.7 Å². The van der Waals surface area contributed by atoms with Crippen LogP contribution in [-0.4, -0.2) is 49.3 Å². The van der Waals surface area contributed by atoms with Crippen molar-refractivity contribution in [3.05, 3.63) is 23.9 Å². The van der Waals surface area contributed by atoms with Gasteiger partial charge in [-0.3, -0.25) is 4.79 Å². The van der Waals surface area contributed by atoms with Crippen LogP contribution in [0.2, 0.25) is 0 Å². The molecule has 4 rings (SSSR count). The summed E-state index contributed by atoms with van der Waals surface area (Å²) in [7, 11) is 0. The Hall–Kier alpha value is -1.66. The molecule has 2 saturated heterocycles. The monoisotopic (exact) mass is 344 g/mol. The van der Waals surface area contributed by atoms with Gasteiger partial charge in [-0.25, -0.2) is 4.98 Å². The van der Waals surface area contributed by atoms with E-state index in [1.54, 1.807) is 0 Å². The third-order valence-electron chi connectivity index (χ3n) is 5.79. The van der Waals surface area contributed by atoms with Crippen molar-refractivity contribution in [1.29, 1.82) is 0 Å². The first-order valence-electron chi connectivity index (χ1n) is 9.61. The number of fused-ring (bicyclic) bond motifs is 1. The Balaban J connectivity index is 1.27. The lowest BCUT2D eigenvalue weighted by molar-refractivity contribution is -0.123. The number of ether oxygens (including phenoxy) is 1. The quantitative estimate of drug-likeness (QED) is 0.866. The molecule has 0 bridgehead atoms. The van der Waals surface area contributed by atoms with E-state index >= 15 is 0 Å². The number of pyridine rings is 1. The number of nitrogens with one attached hydrogen (secondary N) is 2. The number of anilines is 1. The van der Waals surface area contributed by atoms with Crippen LogP contribution in [0.3, 0.4) is 0 Å². The summed E-state index contributed by atoms with van der Waals surface area (Å²) in [5, 5.41) is 6.61. The van der Waals surface area contributed by atoms with E-state index in [9.17, 15) is 4.79 Å². The molecule has 6 nitrogen and oxygen atoms in total. The summed E-state index contributed by atoms with van der Waals surface area (Å²) in [5.41, 5.74) is 1.04. The van der Waals surface area contributed by atoms with E-state index in [-0.39, 0.29) is 11.9 Å². The molecule has 1 aromatic heterocycles. The van der Waals surface area contributed by atoms with Gasteiger partial charge in [0.25, 0.3) is 0 Å². The van der Waals surface area contributed by atoms with Gasteiger partial charge in [0.05, 0.1) is 19.3 Å². The molecule has 0 aromatic carbocycles. The van der Waals surface area contributed by atoms with Crippen LogP contribution in [0.5, 0.6) is 0 Å². The number of amides is 1. The minimum Gasteiger partial charge on any atom is -0.378 e. The van der Waals surface area contributed by atoms with Crippen LogP contribution in [0.25, 0.3) is 0 Å². The van der Waals surface area contributed by atoms with Crippen LogP contribution >= 0.6 is 0 Å². The van der Waals surface area contributed by atoms with Crippen molar-refractivity contribution < 1.29 is 9.53 Å². The lowest BCUT2D eigenvalue weighted by atomic mass is 9.85. The van der Waals surface area contributed by atoms with Gasteiger partial charge in [-0.15, -0.1) is 0 Å². The van der Waals surface area contributed by atoms with Crippen molar-refractivity contribution in [3.8, 4) is 0 Å². The predicted molar refractivity (Wildman–Crippen MR) is 96.4 cm³/mol. The third-order valence-corrected chi connectivity index (χ3v) is 5.79. The average molecular weight is 344 g/mol. The minimum absolute atomic E-state index is 0.0197. The maximum absolute atomic E-state index is 12.5. The van der Waals surface area contributed by atoms with E-state index in [0.29, 0.717) is 18.5 Å². The topological polar surface area (TPSA) is 66.5 Å². The van der Waals surface area contributed by atoms with Gasteiger partial charge in [0, 0.05) is 31.9 Å². The number of carbonyl (C=O) groups excluding carboxylic acids is 1. The molecule has 3 heterocycles. The number of hydrogen-bond donors (Lipinski definition) is 2. The van der Waals surface area contributed by atoms with Gasteiger partial charge < -0.3 is 20.3 Å². The highest BCUT2D eigenvalue weighted by molar-refractivity contribution is 5.82. The van der Waals surface area contributed by atoms with Crippen LogP contribution in [0.4, 0.5) is 5.82 Å². The normalized spacial score (nSPS) is 29.3. The van der Waals surface area contributed by atoms with Gasteiger partial charge in [-0.05, 0) is 36.8 Å². The Morgan fingerprint density at radius 2 is 2.12 bits per heavy atom. The molecular formula is C19H28N4O2. The second-order valence-electron chi connectivity index (χ2n) is 7.45. The van der Waals surface area contributed by atoms with Crippen molar-refractivity contribution >= 4 is 11.7 Å². The molecule has 6 heteroatoms. The molecule has 136 valence electrons. The second kappa shape index (κ2) is 7.70. The smallest absolute Gasteiger partial charge is 0.237 e. The Bertz CT molecular complexity index is 572. The third kappa shape index (κ3) is 3.96. The van der Waals surface area contributed by atoms with Crippen LogP contribution in [-0.2, 0) is 16.1 Å². The maximum atomic E-state index is 12.5. The van der Waals surface area contributed by atoms with E-state index in [1.807, 2.05) is 12.3 Å². The number of morpholine rings is 1. The molecule has 2 aliphatic heterocycles. The second-order valence-corrected chi connectivity index (χ2v) is 7.45. The average Bonchev–Trinajstić information content (AvgIpc) is 3.11. The molecular weight excluding hydrogens is 316 g/mol. The van der Waals surface area contributed by atoms with Crippen molar-refractivity contribution in [1.82, 2.24) is 15.6 Å². The highest BCUT2D eigenvalue weighted by Gasteiger charge is 2.37. The Labute approximate surface area is 149 Å². The number of carbonyl (C=O) groups is 1. The summed E-state index contributed by atoms with van der Waals surface area (Å²) < 4.78 is 5.37. The number of nitrogens with zero attached hydrogens (tertiary/aromatic N) is 2. The maximum Gasteiger partial charge on any atom is 0.237 e. The van der Waals surface area contributed by atoms with Crippen LogP contribution < -0.4 is 15.5 Å². The van der Waals surface area contributed by atoms with Crippen molar-refractivity contribution in [2.45, 2.75) is 50.7 Å². The minimum atomic E-state index is -0.0197.